The third-order valence-corrected chi connectivity index (χ3v) is 8.32. The van der Waals surface area contributed by atoms with E-state index in [0.717, 1.165) is 57.8 Å². The number of pyridine rings is 1. The number of aryl methyl sites for hydroxylation is 2. The van der Waals surface area contributed by atoms with Gasteiger partial charge >= 0.3 is 0 Å². The van der Waals surface area contributed by atoms with E-state index in [1.165, 1.54) is 15.8 Å². The van der Waals surface area contributed by atoms with Gasteiger partial charge in [0, 0.05) is 32.0 Å². The van der Waals surface area contributed by atoms with Crippen LogP contribution in [0.15, 0.2) is 52.4 Å². The topological polar surface area (TPSA) is 57.8 Å². The summed E-state index contributed by atoms with van der Waals surface area (Å²) >= 11 is 5.48. The molecular formula is C25H24BrN5OS. The molecule has 4 aromatic heterocycles. The SMILES string of the molecule is Cc1nnn(C)c1-c1cnc2c3sc(Br)cc3n(C(c3ccccc3)C3CCOCC3)c2c1. The Labute approximate surface area is 204 Å². The van der Waals surface area contributed by atoms with E-state index < -0.39 is 0 Å². The highest BCUT2D eigenvalue weighted by Gasteiger charge is 2.31. The molecule has 168 valence electrons. The van der Waals surface area contributed by atoms with Crippen molar-refractivity contribution in [2.24, 2.45) is 13.0 Å². The molecule has 1 aliphatic rings. The van der Waals surface area contributed by atoms with Gasteiger partial charge in [-0.25, -0.2) is 4.68 Å². The summed E-state index contributed by atoms with van der Waals surface area (Å²) in [5, 5.41) is 8.47. The van der Waals surface area contributed by atoms with Gasteiger partial charge in [-0.1, -0.05) is 35.5 Å². The molecular weight excluding hydrogens is 498 g/mol. The third-order valence-electron chi connectivity index (χ3n) is 6.68. The number of hydrogen-bond donors (Lipinski definition) is 0. The van der Waals surface area contributed by atoms with Crippen LogP contribution in [-0.2, 0) is 11.8 Å². The standard InChI is InChI=1S/C25H24BrN5OS/c1-15-23(30(2)29-28-15)18-12-19-22(27-14-18)25-20(13-21(26)33-25)31(19)24(16-6-4-3-5-7-16)17-8-10-32-11-9-17/h3-7,12-14,17,24H,8-11H2,1-2H3. The van der Waals surface area contributed by atoms with E-state index in [4.69, 9.17) is 9.72 Å². The number of rotatable bonds is 4. The molecule has 0 aliphatic carbocycles. The molecule has 1 fully saturated rings. The van der Waals surface area contributed by atoms with Crippen molar-refractivity contribution in [3.05, 3.63) is 63.7 Å². The van der Waals surface area contributed by atoms with Crippen molar-refractivity contribution in [3.8, 4) is 11.3 Å². The minimum Gasteiger partial charge on any atom is -0.381 e. The smallest absolute Gasteiger partial charge is 0.106 e. The molecule has 5 aromatic rings. The van der Waals surface area contributed by atoms with Crippen LogP contribution in [0.25, 0.3) is 32.5 Å². The van der Waals surface area contributed by atoms with E-state index in [-0.39, 0.29) is 6.04 Å². The molecule has 8 heteroatoms. The van der Waals surface area contributed by atoms with Crippen molar-refractivity contribution in [2.45, 2.75) is 25.8 Å². The van der Waals surface area contributed by atoms with Crippen LogP contribution in [-0.4, -0.2) is 37.8 Å². The maximum atomic E-state index is 5.73. The number of fused-ring (bicyclic) bond motifs is 3. The lowest BCUT2D eigenvalue weighted by atomic mass is 9.86. The fourth-order valence-corrected chi connectivity index (χ4v) is 6.83. The second-order valence-electron chi connectivity index (χ2n) is 8.68. The van der Waals surface area contributed by atoms with Gasteiger partial charge in [-0.15, -0.1) is 16.4 Å². The number of halogens is 1. The largest absolute Gasteiger partial charge is 0.381 e. The zero-order valence-corrected chi connectivity index (χ0v) is 20.9. The maximum absolute atomic E-state index is 5.73. The molecule has 0 N–H and O–H groups in total. The predicted octanol–water partition coefficient (Wildman–Crippen LogP) is 6.13. The summed E-state index contributed by atoms with van der Waals surface area (Å²) < 4.78 is 12.4. The first-order valence-corrected chi connectivity index (χ1v) is 12.8. The molecule has 6 nitrogen and oxygen atoms in total. The zero-order chi connectivity index (χ0) is 22.5. The first-order chi connectivity index (χ1) is 16.1. The highest BCUT2D eigenvalue weighted by molar-refractivity contribution is 9.11. The summed E-state index contributed by atoms with van der Waals surface area (Å²) in [4.78, 5) is 4.98. The van der Waals surface area contributed by atoms with Crippen LogP contribution in [0, 0.1) is 12.8 Å². The second-order valence-corrected chi connectivity index (χ2v) is 11.1. The van der Waals surface area contributed by atoms with Gasteiger partial charge in [-0.05, 0) is 59.3 Å². The first kappa shape index (κ1) is 21.0. The Hall–Kier alpha value is -2.55. The van der Waals surface area contributed by atoms with Crippen molar-refractivity contribution in [1.82, 2.24) is 24.5 Å². The maximum Gasteiger partial charge on any atom is 0.106 e. The monoisotopic (exact) mass is 521 g/mol. The highest BCUT2D eigenvalue weighted by atomic mass is 79.9. The van der Waals surface area contributed by atoms with E-state index >= 15 is 0 Å². The predicted molar refractivity (Wildman–Crippen MR) is 136 cm³/mol. The van der Waals surface area contributed by atoms with Crippen molar-refractivity contribution in [3.63, 3.8) is 0 Å². The minimum absolute atomic E-state index is 0.208. The Morgan fingerprint density at radius 3 is 2.64 bits per heavy atom. The summed E-state index contributed by atoms with van der Waals surface area (Å²) in [5.74, 6) is 0.488. The number of hydrogen-bond acceptors (Lipinski definition) is 5. The van der Waals surface area contributed by atoms with Crippen molar-refractivity contribution >= 4 is 48.5 Å². The van der Waals surface area contributed by atoms with Crippen LogP contribution >= 0.6 is 27.3 Å². The van der Waals surface area contributed by atoms with Crippen LogP contribution in [0.5, 0.6) is 0 Å². The normalized spacial score (nSPS) is 16.1. The van der Waals surface area contributed by atoms with E-state index in [2.05, 4.69) is 73.3 Å². The van der Waals surface area contributed by atoms with Gasteiger partial charge in [0.2, 0.25) is 0 Å². The highest BCUT2D eigenvalue weighted by Crippen LogP contribution is 2.44. The summed E-state index contributed by atoms with van der Waals surface area (Å²) in [7, 11) is 1.93. The van der Waals surface area contributed by atoms with Crippen LogP contribution in [0.2, 0.25) is 0 Å². The number of nitrogens with zero attached hydrogens (tertiary/aromatic N) is 5. The van der Waals surface area contributed by atoms with Gasteiger partial charge in [-0.3, -0.25) is 4.98 Å². The van der Waals surface area contributed by atoms with Crippen molar-refractivity contribution < 1.29 is 4.74 Å². The minimum atomic E-state index is 0.208. The van der Waals surface area contributed by atoms with Gasteiger partial charge in [0.25, 0.3) is 0 Å². The van der Waals surface area contributed by atoms with Crippen molar-refractivity contribution in [1.29, 1.82) is 0 Å². The quantitative estimate of drug-likeness (QED) is 0.285. The Balaban J connectivity index is 1.65. The van der Waals surface area contributed by atoms with E-state index in [1.54, 1.807) is 11.3 Å². The molecule has 1 aliphatic heterocycles. The van der Waals surface area contributed by atoms with Crippen LogP contribution in [0.4, 0.5) is 0 Å². The van der Waals surface area contributed by atoms with Crippen LogP contribution < -0.4 is 0 Å². The molecule has 0 amide bonds. The Kier molecular flexibility index (Phi) is 5.31. The second kappa shape index (κ2) is 8.34. The molecule has 33 heavy (non-hydrogen) atoms. The lowest BCUT2D eigenvalue weighted by Crippen LogP contribution is -2.26. The fraction of sp³-hybridized carbons (Fsp3) is 0.320. The Morgan fingerprint density at radius 1 is 1.12 bits per heavy atom. The fourth-order valence-electron chi connectivity index (χ4n) is 5.24. The molecule has 5 heterocycles. The first-order valence-electron chi connectivity index (χ1n) is 11.2. The zero-order valence-electron chi connectivity index (χ0n) is 18.5. The average Bonchev–Trinajstić information content (AvgIpc) is 3.47. The lowest BCUT2D eigenvalue weighted by molar-refractivity contribution is 0.0553. The van der Waals surface area contributed by atoms with E-state index in [1.807, 2.05) is 24.9 Å². The van der Waals surface area contributed by atoms with Crippen LogP contribution in [0.3, 0.4) is 0 Å². The molecule has 1 atom stereocenters. The van der Waals surface area contributed by atoms with Gasteiger partial charge < -0.3 is 9.30 Å². The summed E-state index contributed by atoms with van der Waals surface area (Å²) in [6.07, 6.45) is 4.05. The number of aromatic nitrogens is 5. The molecule has 1 aromatic carbocycles. The molecule has 1 unspecified atom stereocenters. The Morgan fingerprint density at radius 2 is 1.91 bits per heavy atom. The Bertz CT molecular complexity index is 1430. The molecule has 0 bridgehead atoms. The van der Waals surface area contributed by atoms with E-state index in [9.17, 15) is 0 Å². The summed E-state index contributed by atoms with van der Waals surface area (Å²) in [6, 6.07) is 15.6. The molecule has 6 rings (SSSR count). The number of benzene rings is 1. The lowest BCUT2D eigenvalue weighted by Gasteiger charge is -2.33. The van der Waals surface area contributed by atoms with Gasteiger partial charge in [0.1, 0.15) is 5.52 Å². The van der Waals surface area contributed by atoms with E-state index in [0.29, 0.717) is 5.92 Å². The van der Waals surface area contributed by atoms with Gasteiger partial charge in [0.15, 0.2) is 0 Å². The molecule has 0 spiro atoms. The van der Waals surface area contributed by atoms with Gasteiger partial charge in [0.05, 0.1) is 36.9 Å². The molecule has 0 saturated carbocycles. The third kappa shape index (κ3) is 3.52. The van der Waals surface area contributed by atoms with Crippen LogP contribution in [0.1, 0.15) is 30.1 Å². The van der Waals surface area contributed by atoms with Crippen molar-refractivity contribution in [2.75, 3.05) is 13.2 Å². The molecule has 0 radical (unpaired) electrons. The summed E-state index contributed by atoms with van der Waals surface area (Å²) in [6.45, 7) is 3.62. The molecule has 1 saturated heterocycles. The average molecular weight is 522 g/mol. The number of thiophene rings is 1. The summed E-state index contributed by atoms with van der Waals surface area (Å²) in [5.41, 5.74) is 7.71. The van der Waals surface area contributed by atoms with Gasteiger partial charge in [-0.2, -0.15) is 0 Å². The number of ether oxygens (including phenoxy) is 1.